The van der Waals surface area contributed by atoms with Crippen LogP contribution in [0.2, 0.25) is 0 Å². The molecule has 2 heterocycles. The van der Waals surface area contributed by atoms with Crippen LogP contribution in [0, 0.1) is 5.92 Å². The average Bonchev–Trinajstić information content (AvgIpc) is 2.71. The Morgan fingerprint density at radius 2 is 1.86 bits per heavy atom. The van der Waals surface area contributed by atoms with Gasteiger partial charge in [-0.1, -0.05) is 6.92 Å². The minimum atomic E-state index is -0.0349. The van der Waals surface area contributed by atoms with E-state index in [4.69, 9.17) is 4.74 Å². The molecular formula is C17H30N2O3. The first kappa shape index (κ1) is 17.3. The molecule has 0 aromatic carbocycles. The normalized spacial score (nSPS) is 25.1. The van der Waals surface area contributed by atoms with E-state index in [0.29, 0.717) is 25.0 Å². The molecule has 0 saturated carbocycles. The Morgan fingerprint density at radius 3 is 2.50 bits per heavy atom. The summed E-state index contributed by atoms with van der Waals surface area (Å²) in [4.78, 5) is 28.4. The van der Waals surface area contributed by atoms with Gasteiger partial charge in [0.2, 0.25) is 5.91 Å². The van der Waals surface area contributed by atoms with Gasteiger partial charge in [0.15, 0.2) is 0 Å². The fourth-order valence-corrected chi connectivity index (χ4v) is 3.65. The van der Waals surface area contributed by atoms with Crippen molar-refractivity contribution in [2.45, 2.75) is 58.4 Å². The molecule has 22 heavy (non-hydrogen) atoms. The molecule has 2 fully saturated rings. The van der Waals surface area contributed by atoms with Crippen molar-refractivity contribution in [2.75, 3.05) is 32.8 Å². The van der Waals surface area contributed by atoms with Crippen molar-refractivity contribution < 1.29 is 14.3 Å². The summed E-state index contributed by atoms with van der Waals surface area (Å²) in [5.74, 6) is 0.346. The zero-order chi connectivity index (χ0) is 15.9. The highest BCUT2D eigenvalue weighted by molar-refractivity contribution is 5.76. The summed E-state index contributed by atoms with van der Waals surface area (Å²) >= 11 is 0. The molecule has 0 aromatic heterocycles. The van der Waals surface area contributed by atoms with E-state index in [-0.39, 0.29) is 11.9 Å². The third-order valence-corrected chi connectivity index (χ3v) is 4.94. The van der Waals surface area contributed by atoms with Gasteiger partial charge in [-0.2, -0.15) is 0 Å². The van der Waals surface area contributed by atoms with Crippen molar-refractivity contribution in [1.29, 1.82) is 0 Å². The maximum atomic E-state index is 12.1. The van der Waals surface area contributed by atoms with Crippen molar-refractivity contribution in [2.24, 2.45) is 5.92 Å². The second-order valence-electron chi connectivity index (χ2n) is 6.42. The van der Waals surface area contributed by atoms with E-state index in [0.717, 1.165) is 58.3 Å². The van der Waals surface area contributed by atoms with Gasteiger partial charge in [-0.25, -0.2) is 0 Å². The lowest BCUT2D eigenvalue weighted by Gasteiger charge is -2.36. The van der Waals surface area contributed by atoms with E-state index in [2.05, 4.69) is 11.8 Å². The Labute approximate surface area is 134 Å². The van der Waals surface area contributed by atoms with Gasteiger partial charge in [-0.15, -0.1) is 0 Å². The molecule has 126 valence electrons. The van der Waals surface area contributed by atoms with Crippen molar-refractivity contribution in [3.63, 3.8) is 0 Å². The number of hydrogen-bond donors (Lipinski definition) is 0. The highest BCUT2D eigenvalue weighted by atomic mass is 16.5. The zero-order valence-corrected chi connectivity index (χ0v) is 14.1. The quantitative estimate of drug-likeness (QED) is 0.729. The molecule has 5 nitrogen and oxygen atoms in total. The molecule has 0 aromatic rings. The third kappa shape index (κ3) is 4.45. The predicted octanol–water partition coefficient (Wildman–Crippen LogP) is 2.05. The molecule has 0 unspecified atom stereocenters. The first-order valence-corrected chi connectivity index (χ1v) is 8.84. The minimum absolute atomic E-state index is 0.0349. The Morgan fingerprint density at radius 1 is 1.14 bits per heavy atom. The molecule has 0 aliphatic carbocycles. The van der Waals surface area contributed by atoms with Crippen LogP contribution in [0.4, 0.5) is 0 Å². The Balaban J connectivity index is 1.81. The van der Waals surface area contributed by atoms with Crippen molar-refractivity contribution >= 4 is 11.9 Å². The summed E-state index contributed by atoms with van der Waals surface area (Å²) < 4.78 is 5.13. The number of nitrogens with zero attached hydrogens (tertiary/aromatic N) is 2. The standard InChI is InChI=1S/C17H30N2O3/c1-3-10-19-13-9-15(5-6-16(19)20)18-11-7-14(8-12-18)17(21)22-4-2/h14-15H,3-13H2,1-2H3/t15-/m0/s1. The van der Waals surface area contributed by atoms with Crippen molar-refractivity contribution in [3.05, 3.63) is 0 Å². The van der Waals surface area contributed by atoms with Gasteiger partial charge in [0.1, 0.15) is 0 Å². The van der Waals surface area contributed by atoms with E-state index in [9.17, 15) is 9.59 Å². The Kier molecular flexibility index (Phi) is 6.68. The molecule has 2 aliphatic rings. The van der Waals surface area contributed by atoms with Crippen LogP contribution in [0.25, 0.3) is 0 Å². The number of carbonyl (C=O) groups excluding carboxylic acids is 2. The second-order valence-corrected chi connectivity index (χ2v) is 6.42. The van der Waals surface area contributed by atoms with E-state index >= 15 is 0 Å². The Bertz CT molecular complexity index is 378. The number of likely N-dealkylation sites (tertiary alicyclic amines) is 2. The van der Waals surface area contributed by atoms with Crippen LogP contribution < -0.4 is 0 Å². The summed E-state index contributed by atoms with van der Waals surface area (Å²) in [5.41, 5.74) is 0. The largest absolute Gasteiger partial charge is 0.466 e. The lowest BCUT2D eigenvalue weighted by Crippen LogP contribution is -2.43. The van der Waals surface area contributed by atoms with Crippen LogP contribution in [0.3, 0.4) is 0 Å². The lowest BCUT2D eigenvalue weighted by molar-refractivity contribution is -0.149. The van der Waals surface area contributed by atoms with Crippen LogP contribution >= 0.6 is 0 Å². The molecule has 2 aliphatic heterocycles. The maximum Gasteiger partial charge on any atom is 0.309 e. The number of carbonyl (C=O) groups is 2. The van der Waals surface area contributed by atoms with E-state index in [1.165, 1.54) is 0 Å². The number of rotatable bonds is 5. The van der Waals surface area contributed by atoms with Crippen LogP contribution in [-0.4, -0.2) is 60.5 Å². The molecular weight excluding hydrogens is 280 g/mol. The fourth-order valence-electron chi connectivity index (χ4n) is 3.65. The highest BCUT2D eigenvalue weighted by Gasteiger charge is 2.31. The van der Waals surface area contributed by atoms with Gasteiger partial charge >= 0.3 is 5.97 Å². The average molecular weight is 310 g/mol. The van der Waals surface area contributed by atoms with E-state index in [1.54, 1.807) is 0 Å². The molecule has 2 saturated heterocycles. The third-order valence-electron chi connectivity index (χ3n) is 4.94. The highest BCUT2D eigenvalue weighted by Crippen LogP contribution is 2.25. The summed E-state index contributed by atoms with van der Waals surface area (Å²) in [7, 11) is 0. The predicted molar refractivity (Wildman–Crippen MR) is 85.4 cm³/mol. The topological polar surface area (TPSA) is 49.9 Å². The van der Waals surface area contributed by atoms with Crippen molar-refractivity contribution in [3.8, 4) is 0 Å². The molecule has 2 rings (SSSR count). The van der Waals surface area contributed by atoms with Crippen LogP contribution in [0.15, 0.2) is 0 Å². The Hall–Kier alpha value is -1.10. The molecule has 0 bridgehead atoms. The smallest absolute Gasteiger partial charge is 0.309 e. The molecule has 1 amide bonds. The van der Waals surface area contributed by atoms with Crippen LogP contribution in [0.1, 0.15) is 52.4 Å². The summed E-state index contributed by atoms with van der Waals surface area (Å²) in [6.45, 7) is 8.13. The number of hydrogen-bond acceptors (Lipinski definition) is 4. The number of piperidine rings is 1. The minimum Gasteiger partial charge on any atom is -0.466 e. The van der Waals surface area contributed by atoms with E-state index in [1.807, 2.05) is 11.8 Å². The summed E-state index contributed by atoms with van der Waals surface area (Å²) in [5, 5.41) is 0. The zero-order valence-electron chi connectivity index (χ0n) is 14.1. The number of amides is 1. The van der Waals surface area contributed by atoms with Gasteiger partial charge in [0.25, 0.3) is 0 Å². The molecule has 5 heteroatoms. The monoisotopic (exact) mass is 310 g/mol. The van der Waals surface area contributed by atoms with Gasteiger partial charge in [-0.3, -0.25) is 9.59 Å². The molecule has 0 radical (unpaired) electrons. The van der Waals surface area contributed by atoms with Gasteiger partial charge in [0.05, 0.1) is 12.5 Å². The van der Waals surface area contributed by atoms with Gasteiger partial charge in [-0.05, 0) is 52.1 Å². The van der Waals surface area contributed by atoms with E-state index < -0.39 is 0 Å². The SMILES string of the molecule is CCCN1CC[C@@H](N2CCC(C(=O)OCC)CC2)CCC1=O. The maximum absolute atomic E-state index is 12.1. The first-order chi connectivity index (χ1) is 10.7. The summed E-state index contributed by atoms with van der Waals surface area (Å²) in [6.07, 6.45) is 5.51. The van der Waals surface area contributed by atoms with Crippen molar-refractivity contribution in [1.82, 2.24) is 9.80 Å². The second kappa shape index (κ2) is 8.51. The lowest BCUT2D eigenvalue weighted by atomic mass is 9.94. The van der Waals surface area contributed by atoms with Crippen LogP contribution in [0.5, 0.6) is 0 Å². The van der Waals surface area contributed by atoms with Gasteiger partial charge < -0.3 is 14.5 Å². The number of ether oxygens (including phenoxy) is 1. The molecule has 0 spiro atoms. The summed E-state index contributed by atoms with van der Waals surface area (Å²) in [6, 6.07) is 0.494. The first-order valence-electron chi connectivity index (χ1n) is 8.84. The van der Waals surface area contributed by atoms with Crippen LogP contribution in [-0.2, 0) is 14.3 Å². The molecule has 1 atom stereocenters. The fraction of sp³-hybridized carbons (Fsp3) is 0.882. The molecule has 0 N–H and O–H groups in total. The number of esters is 1. The van der Waals surface area contributed by atoms with Gasteiger partial charge in [0, 0.05) is 25.6 Å².